The molecule has 1 heterocycles. The number of hydrogen-bond acceptors (Lipinski definition) is 4. The summed E-state index contributed by atoms with van der Waals surface area (Å²) in [7, 11) is -2.81. The molecule has 1 aliphatic rings. The molecule has 0 spiro atoms. The number of sulfone groups is 1. The van der Waals surface area contributed by atoms with Crippen LogP contribution in [-0.4, -0.2) is 57.0 Å². The van der Waals surface area contributed by atoms with Crippen molar-refractivity contribution in [1.82, 2.24) is 10.2 Å². The molecule has 5 heteroatoms. The molecule has 1 rings (SSSR count). The van der Waals surface area contributed by atoms with E-state index in [0.29, 0.717) is 24.1 Å². The van der Waals surface area contributed by atoms with Gasteiger partial charge in [0.05, 0.1) is 5.75 Å². The minimum Gasteiger partial charge on any atom is -0.314 e. The third-order valence-corrected chi connectivity index (χ3v) is 5.15. The van der Waals surface area contributed by atoms with E-state index in [1.165, 1.54) is 0 Å². The van der Waals surface area contributed by atoms with Crippen LogP contribution in [-0.2, 0) is 9.84 Å². The molecule has 0 unspecified atom stereocenters. The maximum absolute atomic E-state index is 11.6. The number of nitrogens with one attached hydrogen (secondary N) is 1. The molecule has 0 aromatic carbocycles. The third kappa shape index (κ3) is 5.84. The van der Waals surface area contributed by atoms with Gasteiger partial charge in [0.2, 0.25) is 0 Å². The van der Waals surface area contributed by atoms with E-state index >= 15 is 0 Å². The van der Waals surface area contributed by atoms with Gasteiger partial charge in [-0.25, -0.2) is 8.42 Å². The van der Waals surface area contributed by atoms with Gasteiger partial charge in [-0.3, -0.25) is 0 Å². The average molecular weight is 262 g/mol. The fourth-order valence-corrected chi connectivity index (χ4v) is 3.69. The van der Waals surface area contributed by atoms with E-state index < -0.39 is 9.84 Å². The molecule has 0 atom stereocenters. The number of rotatable bonds is 7. The first-order valence-corrected chi connectivity index (χ1v) is 8.55. The normalized spacial score (nSPS) is 19.6. The molecule has 0 saturated carbocycles. The second kappa shape index (κ2) is 7.34. The van der Waals surface area contributed by atoms with Crippen molar-refractivity contribution in [3.8, 4) is 0 Å². The van der Waals surface area contributed by atoms with E-state index in [4.69, 9.17) is 0 Å². The van der Waals surface area contributed by atoms with Crippen LogP contribution in [0, 0.1) is 0 Å². The standard InChI is InChI=1S/C12H26N2O2S/c1-3-10-17(15,16)11-9-14-7-5-12(6-8-14)13-4-2/h12-13H,3-11H2,1-2H3. The Bertz CT molecular complexity index is 296. The van der Waals surface area contributed by atoms with Gasteiger partial charge in [0.15, 0.2) is 9.84 Å². The largest absolute Gasteiger partial charge is 0.314 e. The summed E-state index contributed by atoms with van der Waals surface area (Å²) in [5, 5.41) is 3.45. The Kier molecular flexibility index (Phi) is 6.44. The van der Waals surface area contributed by atoms with Gasteiger partial charge >= 0.3 is 0 Å². The molecule has 102 valence electrons. The van der Waals surface area contributed by atoms with Crippen LogP contribution >= 0.6 is 0 Å². The molecule has 0 aromatic heterocycles. The van der Waals surface area contributed by atoms with Crippen LogP contribution in [0.15, 0.2) is 0 Å². The lowest BCUT2D eigenvalue weighted by Gasteiger charge is -2.32. The van der Waals surface area contributed by atoms with E-state index in [1.807, 2.05) is 6.92 Å². The molecule has 0 amide bonds. The van der Waals surface area contributed by atoms with Crippen molar-refractivity contribution in [1.29, 1.82) is 0 Å². The number of likely N-dealkylation sites (tertiary alicyclic amines) is 1. The van der Waals surface area contributed by atoms with Gasteiger partial charge in [-0.15, -0.1) is 0 Å². The highest BCUT2D eigenvalue weighted by atomic mass is 32.2. The Morgan fingerprint density at radius 3 is 2.35 bits per heavy atom. The van der Waals surface area contributed by atoms with Crippen molar-refractivity contribution in [2.45, 2.75) is 39.2 Å². The third-order valence-electron chi connectivity index (χ3n) is 3.31. The molecule has 0 aliphatic carbocycles. The van der Waals surface area contributed by atoms with Gasteiger partial charge in [0.25, 0.3) is 0 Å². The van der Waals surface area contributed by atoms with E-state index in [2.05, 4.69) is 17.1 Å². The molecule has 1 fully saturated rings. The summed E-state index contributed by atoms with van der Waals surface area (Å²) in [4.78, 5) is 2.28. The molecule has 1 saturated heterocycles. The minimum absolute atomic E-state index is 0.326. The van der Waals surface area contributed by atoms with Crippen LogP contribution in [0.2, 0.25) is 0 Å². The first kappa shape index (κ1) is 14.9. The van der Waals surface area contributed by atoms with Crippen LogP contribution in [0.5, 0.6) is 0 Å². The number of nitrogens with zero attached hydrogens (tertiary/aromatic N) is 1. The van der Waals surface area contributed by atoms with Crippen LogP contribution in [0.3, 0.4) is 0 Å². The zero-order valence-corrected chi connectivity index (χ0v) is 11.9. The maximum Gasteiger partial charge on any atom is 0.151 e. The van der Waals surface area contributed by atoms with Gasteiger partial charge < -0.3 is 10.2 Å². The summed E-state index contributed by atoms with van der Waals surface area (Å²) in [6, 6.07) is 0.628. The van der Waals surface area contributed by atoms with E-state index in [9.17, 15) is 8.42 Å². The predicted molar refractivity (Wildman–Crippen MR) is 72.1 cm³/mol. The second-order valence-electron chi connectivity index (χ2n) is 4.83. The number of piperidine rings is 1. The maximum atomic E-state index is 11.6. The quantitative estimate of drug-likeness (QED) is 0.740. The lowest BCUT2D eigenvalue weighted by atomic mass is 10.1. The lowest BCUT2D eigenvalue weighted by molar-refractivity contribution is 0.208. The molecular weight excluding hydrogens is 236 g/mol. The van der Waals surface area contributed by atoms with Crippen molar-refractivity contribution < 1.29 is 8.42 Å². The molecular formula is C12H26N2O2S. The van der Waals surface area contributed by atoms with Crippen molar-refractivity contribution in [3.05, 3.63) is 0 Å². The summed E-state index contributed by atoms with van der Waals surface area (Å²) < 4.78 is 23.2. The molecule has 4 nitrogen and oxygen atoms in total. The Balaban J connectivity index is 2.22. The first-order chi connectivity index (χ1) is 8.07. The zero-order chi connectivity index (χ0) is 12.7. The Morgan fingerprint density at radius 2 is 1.82 bits per heavy atom. The summed E-state index contributed by atoms with van der Waals surface area (Å²) >= 11 is 0. The average Bonchev–Trinajstić information content (AvgIpc) is 2.29. The Labute approximate surface area is 106 Å². The van der Waals surface area contributed by atoms with Gasteiger partial charge in [-0.2, -0.15) is 0 Å². The van der Waals surface area contributed by atoms with Crippen molar-refractivity contribution >= 4 is 9.84 Å². The van der Waals surface area contributed by atoms with Crippen LogP contribution < -0.4 is 5.32 Å². The highest BCUT2D eigenvalue weighted by Gasteiger charge is 2.19. The lowest BCUT2D eigenvalue weighted by Crippen LogP contribution is -2.43. The van der Waals surface area contributed by atoms with Gasteiger partial charge in [0, 0.05) is 18.3 Å². The SMILES string of the molecule is CCCS(=O)(=O)CCN1CCC(NCC)CC1. The van der Waals surface area contributed by atoms with E-state index in [-0.39, 0.29) is 0 Å². The molecule has 1 aliphatic heterocycles. The highest BCUT2D eigenvalue weighted by molar-refractivity contribution is 7.91. The fourth-order valence-electron chi connectivity index (χ4n) is 2.33. The summed E-state index contributed by atoms with van der Waals surface area (Å²) in [6.45, 7) is 7.83. The van der Waals surface area contributed by atoms with Gasteiger partial charge in [0.1, 0.15) is 0 Å². The minimum atomic E-state index is -2.81. The summed E-state index contributed by atoms with van der Waals surface area (Å²) in [5.74, 6) is 0.660. The predicted octanol–water partition coefficient (Wildman–Crippen LogP) is 0.885. The van der Waals surface area contributed by atoms with Crippen molar-refractivity contribution in [2.24, 2.45) is 0 Å². The molecule has 0 bridgehead atoms. The summed E-state index contributed by atoms with van der Waals surface area (Å²) in [5.41, 5.74) is 0. The molecule has 0 radical (unpaired) electrons. The Morgan fingerprint density at radius 1 is 1.18 bits per heavy atom. The zero-order valence-electron chi connectivity index (χ0n) is 11.1. The van der Waals surface area contributed by atoms with Crippen molar-refractivity contribution in [2.75, 3.05) is 37.7 Å². The van der Waals surface area contributed by atoms with Gasteiger partial charge in [-0.1, -0.05) is 13.8 Å². The van der Waals surface area contributed by atoms with Gasteiger partial charge in [-0.05, 0) is 38.9 Å². The smallest absolute Gasteiger partial charge is 0.151 e. The highest BCUT2D eigenvalue weighted by Crippen LogP contribution is 2.10. The fraction of sp³-hybridized carbons (Fsp3) is 1.00. The van der Waals surface area contributed by atoms with Crippen molar-refractivity contribution in [3.63, 3.8) is 0 Å². The van der Waals surface area contributed by atoms with Crippen LogP contribution in [0.4, 0.5) is 0 Å². The van der Waals surface area contributed by atoms with Crippen LogP contribution in [0.25, 0.3) is 0 Å². The molecule has 0 aromatic rings. The topological polar surface area (TPSA) is 49.4 Å². The second-order valence-corrected chi connectivity index (χ2v) is 7.13. The molecule has 1 N–H and O–H groups in total. The first-order valence-electron chi connectivity index (χ1n) is 6.73. The monoisotopic (exact) mass is 262 g/mol. The molecule has 17 heavy (non-hydrogen) atoms. The Hall–Kier alpha value is -0.130. The van der Waals surface area contributed by atoms with E-state index in [1.54, 1.807) is 0 Å². The summed E-state index contributed by atoms with van der Waals surface area (Å²) in [6.07, 6.45) is 3.01. The number of hydrogen-bond donors (Lipinski definition) is 1. The van der Waals surface area contributed by atoms with E-state index in [0.717, 1.165) is 38.9 Å². The van der Waals surface area contributed by atoms with Crippen LogP contribution in [0.1, 0.15) is 33.1 Å².